The van der Waals surface area contributed by atoms with Gasteiger partial charge in [-0.2, -0.15) is 0 Å². The van der Waals surface area contributed by atoms with Gasteiger partial charge in [0.1, 0.15) is 11.4 Å². The van der Waals surface area contributed by atoms with Crippen LogP contribution in [0.2, 0.25) is 0 Å². The topological polar surface area (TPSA) is 87.5 Å². The third-order valence-corrected chi connectivity index (χ3v) is 4.40. The Bertz CT molecular complexity index is 757. The minimum atomic E-state index is -0.304. The molecule has 7 heteroatoms. The highest BCUT2D eigenvalue weighted by Gasteiger charge is 2.26. The smallest absolute Gasteiger partial charge is 0.319 e. The summed E-state index contributed by atoms with van der Waals surface area (Å²) in [6, 6.07) is 9.21. The molecular weight excluding hydrogens is 320 g/mol. The van der Waals surface area contributed by atoms with Gasteiger partial charge in [0, 0.05) is 32.1 Å². The zero-order valence-corrected chi connectivity index (χ0v) is 14.4. The van der Waals surface area contributed by atoms with E-state index in [0.717, 1.165) is 18.5 Å². The number of hydrogen-bond donors (Lipinski definition) is 2. The van der Waals surface area contributed by atoms with E-state index in [9.17, 15) is 9.59 Å². The van der Waals surface area contributed by atoms with Crippen LogP contribution in [0.15, 0.2) is 34.9 Å². The molecule has 1 saturated heterocycles. The number of carbonyl (C=O) groups excluding carboxylic acids is 2. The molecule has 1 unspecified atom stereocenters. The van der Waals surface area contributed by atoms with Gasteiger partial charge >= 0.3 is 6.03 Å². The number of urea groups is 1. The van der Waals surface area contributed by atoms with Crippen molar-refractivity contribution in [2.45, 2.75) is 19.8 Å². The lowest BCUT2D eigenvalue weighted by Crippen LogP contribution is -2.31. The zero-order chi connectivity index (χ0) is 17.8. The van der Waals surface area contributed by atoms with Crippen LogP contribution in [0.1, 0.15) is 18.5 Å². The third-order valence-electron chi connectivity index (χ3n) is 4.40. The lowest BCUT2D eigenvalue weighted by molar-refractivity contribution is -0.126. The molecule has 3 rings (SSSR count). The largest absolute Gasteiger partial charge is 0.354 e. The standard InChI is InChI=1S/C18H22N4O3/c1-12-16(17(25-21-12)14-6-4-3-5-7-14)20-18(24)19-9-8-13-10-15(23)22(2)11-13/h3-7,13H,8-11H2,1-2H3,(H2,19,20,24). The van der Waals surface area contributed by atoms with E-state index in [1.165, 1.54) is 0 Å². The van der Waals surface area contributed by atoms with Crippen LogP contribution in [-0.2, 0) is 4.79 Å². The Labute approximate surface area is 146 Å². The fourth-order valence-electron chi connectivity index (χ4n) is 3.00. The van der Waals surface area contributed by atoms with Crippen LogP contribution in [0.25, 0.3) is 11.3 Å². The molecular formula is C18H22N4O3. The number of hydrogen-bond acceptors (Lipinski definition) is 4. The van der Waals surface area contributed by atoms with Crippen molar-refractivity contribution < 1.29 is 14.1 Å². The van der Waals surface area contributed by atoms with Gasteiger partial charge in [-0.25, -0.2) is 4.79 Å². The molecule has 3 amide bonds. The first kappa shape index (κ1) is 17.0. The molecule has 2 N–H and O–H groups in total. The highest BCUT2D eigenvalue weighted by Crippen LogP contribution is 2.30. The van der Waals surface area contributed by atoms with E-state index < -0.39 is 0 Å². The van der Waals surface area contributed by atoms with Gasteiger partial charge in [0.05, 0.1) is 0 Å². The van der Waals surface area contributed by atoms with Crippen LogP contribution in [0.5, 0.6) is 0 Å². The third kappa shape index (κ3) is 3.99. The molecule has 0 aliphatic carbocycles. The molecule has 1 fully saturated rings. The van der Waals surface area contributed by atoms with Crippen molar-refractivity contribution in [3.63, 3.8) is 0 Å². The number of benzene rings is 1. The quantitative estimate of drug-likeness (QED) is 0.874. The molecule has 2 heterocycles. The summed E-state index contributed by atoms with van der Waals surface area (Å²) >= 11 is 0. The van der Waals surface area contributed by atoms with Gasteiger partial charge < -0.3 is 20.1 Å². The number of amides is 3. The van der Waals surface area contributed by atoms with Crippen LogP contribution in [0.4, 0.5) is 10.5 Å². The van der Waals surface area contributed by atoms with E-state index in [-0.39, 0.29) is 11.9 Å². The highest BCUT2D eigenvalue weighted by molar-refractivity contribution is 5.93. The molecule has 7 nitrogen and oxygen atoms in total. The van der Waals surface area contributed by atoms with Gasteiger partial charge in [-0.15, -0.1) is 0 Å². The number of rotatable bonds is 5. The summed E-state index contributed by atoms with van der Waals surface area (Å²) in [6.07, 6.45) is 1.33. The fraction of sp³-hybridized carbons (Fsp3) is 0.389. The Morgan fingerprint density at radius 3 is 2.80 bits per heavy atom. The first-order valence-electron chi connectivity index (χ1n) is 8.35. The first-order valence-corrected chi connectivity index (χ1v) is 8.35. The van der Waals surface area contributed by atoms with Crippen molar-refractivity contribution in [3.8, 4) is 11.3 Å². The molecule has 25 heavy (non-hydrogen) atoms. The Hall–Kier alpha value is -2.83. The molecule has 1 aliphatic rings. The van der Waals surface area contributed by atoms with E-state index in [4.69, 9.17) is 4.52 Å². The lowest BCUT2D eigenvalue weighted by Gasteiger charge is -2.11. The molecule has 0 bridgehead atoms. The number of aromatic nitrogens is 1. The normalized spacial score (nSPS) is 17.0. The van der Waals surface area contributed by atoms with Crippen LogP contribution in [-0.4, -0.2) is 42.1 Å². The molecule has 1 atom stereocenters. The lowest BCUT2D eigenvalue weighted by atomic mass is 10.1. The average molecular weight is 342 g/mol. The van der Waals surface area contributed by atoms with Crippen LogP contribution >= 0.6 is 0 Å². The number of anilines is 1. The van der Waals surface area contributed by atoms with Crippen molar-refractivity contribution in [3.05, 3.63) is 36.0 Å². The predicted octanol–water partition coefficient (Wildman–Crippen LogP) is 2.64. The maximum absolute atomic E-state index is 12.2. The van der Waals surface area contributed by atoms with Crippen LogP contribution < -0.4 is 10.6 Å². The minimum Gasteiger partial charge on any atom is -0.354 e. The summed E-state index contributed by atoms with van der Waals surface area (Å²) in [6.45, 7) is 3.05. The monoisotopic (exact) mass is 342 g/mol. The predicted molar refractivity (Wildman–Crippen MR) is 94.1 cm³/mol. The van der Waals surface area contributed by atoms with Crippen molar-refractivity contribution in [2.75, 3.05) is 25.5 Å². The highest BCUT2D eigenvalue weighted by atomic mass is 16.5. The molecule has 0 saturated carbocycles. The average Bonchev–Trinajstić information content (AvgIpc) is 3.11. The van der Waals surface area contributed by atoms with E-state index >= 15 is 0 Å². The summed E-state index contributed by atoms with van der Waals surface area (Å²) in [4.78, 5) is 25.4. The second kappa shape index (κ2) is 7.38. The van der Waals surface area contributed by atoms with Crippen molar-refractivity contribution in [1.82, 2.24) is 15.4 Å². The fourth-order valence-corrected chi connectivity index (χ4v) is 3.00. The Morgan fingerprint density at radius 1 is 1.36 bits per heavy atom. The van der Waals surface area contributed by atoms with E-state index in [2.05, 4.69) is 15.8 Å². The number of likely N-dealkylation sites (tertiary alicyclic amines) is 1. The molecule has 1 aromatic carbocycles. The van der Waals surface area contributed by atoms with Gasteiger partial charge in [-0.1, -0.05) is 35.5 Å². The van der Waals surface area contributed by atoms with Gasteiger partial charge in [0.25, 0.3) is 0 Å². The minimum absolute atomic E-state index is 0.169. The summed E-state index contributed by atoms with van der Waals surface area (Å²) < 4.78 is 5.36. The van der Waals surface area contributed by atoms with Gasteiger partial charge in [-0.3, -0.25) is 4.79 Å². The molecule has 1 aliphatic heterocycles. The second-order valence-corrected chi connectivity index (χ2v) is 6.35. The van der Waals surface area contributed by atoms with E-state index in [1.54, 1.807) is 11.8 Å². The van der Waals surface area contributed by atoms with Crippen LogP contribution in [0, 0.1) is 12.8 Å². The molecule has 0 radical (unpaired) electrons. The summed E-state index contributed by atoms with van der Waals surface area (Å²) in [5, 5.41) is 9.60. The van der Waals surface area contributed by atoms with Gasteiger partial charge in [-0.05, 0) is 19.3 Å². The number of nitrogens with zero attached hydrogens (tertiary/aromatic N) is 2. The maximum Gasteiger partial charge on any atom is 0.319 e. The summed E-state index contributed by atoms with van der Waals surface area (Å²) in [5.74, 6) is 1.01. The van der Waals surface area contributed by atoms with Crippen molar-refractivity contribution in [2.24, 2.45) is 5.92 Å². The number of carbonyl (C=O) groups is 2. The summed E-state index contributed by atoms with van der Waals surface area (Å²) in [7, 11) is 1.81. The molecule has 132 valence electrons. The molecule has 2 aromatic rings. The Balaban J connectivity index is 1.55. The van der Waals surface area contributed by atoms with Gasteiger partial charge in [0.2, 0.25) is 5.91 Å². The van der Waals surface area contributed by atoms with E-state index in [1.807, 2.05) is 37.4 Å². The SMILES string of the molecule is Cc1noc(-c2ccccc2)c1NC(=O)NCCC1CC(=O)N(C)C1. The maximum atomic E-state index is 12.2. The van der Waals surface area contributed by atoms with Crippen molar-refractivity contribution >= 4 is 17.6 Å². The number of nitrogens with one attached hydrogen (secondary N) is 2. The van der Waals surface area contributed by atoms with Crippen molar-refractivity contribution in [1.29, 1.82) is 0 Å². The Morgan fingerprint density at radius 2 is 2.12 bits per heavy atom. The van der Waals surface area contributed by atoms with E-state index in [0.29, 0.717) is 36.0 Å². The molecule has 0 spiro atoms. The zero-order valence-electron chi connectivity index (χ0n) is 14.4. The Kier molecular flexibility index (Phi) is 5.02. The number of aryl methyl sites for hydroxylation is 1. The first-order chi connectivity index (χ1) is 12.0. The van der Waals surface area contributed by atoms with Gasteiger partial charge in [0.15, 0.2) is 5.76 Å². The van der Waals surface area contributed by atoms with Crippen LogP contribution in [0.3, 0.4) is 0 Å². The molecule has 1 aromatic heterocycles. The summed E-state index contributed by atoms with van der Waals surface area (Å²) in [5.41, 5.74) is 2.04. The second-order valence-electron chi connectivity index (χ2n) is 6.35.